The smallest absolute Gasteiger partial charge is 0.269 e. The molecule has 0 unspecified atom stereocenters. The average Bonchev–Trinajstić information content (AvgIpc) is 2.16. The van der Waals surface area contributed by atoms with Crippen LogP contribution < -0.4 is 11.1 Å². The highest BCUT2D eigenvalue weighted by Gasteiger charge is 2.18. The van der Waals surface area contributed by atoms with Gasteiger partial charge in [0, 0.05) is 6.54 Å². The number of aromatic nitrogens is 1. The maximum absolute atomic E-state index is 11.6. The fourth-order valence-corrected chi connectivity index (χ4v) is 1.56. The molecule has 1 aromatic rings. The lowest BCUT2D eigenvalue weighted by atomic mass is 9.85. The van der Waals surface area contributed by atoms with Crippen molar-refractivity contribution in [3.8, 4) is 0 Å². The summed E-state index contributed by atoms with van der Waals surface area (Å²) in [6, 6.07) is 3.33. The van der Waals surface area contributed by atoms with Crippen molar-refractivity contribution < 1.29 is 4.79 Å². The zero-order chi connectivity index (χ0) is 10.7. The molecule has 0 bridgehead atoms. The normalized spacial score (nSPS) is 15.7. The number of pyridine rings is 1. The number of anilines is 1. The van der Waals surface area contributed by atoms with Crippen LogP contribution in [0.5, 0.6) is 0 Å². The van der Waals surface area contributed by atoms with Crippen molar-refractivity contribution in [2.75, 3.05) is 12.3 Å². The van der Waals surface area contributed by atoms with Gasteiger partial charge in [-0.1, -0.05) is 6.42 Å². The van der Waals surface area contributed by atoms with Crippen molar-refractivity contribution in [2.45, 2.75) is 19.3 Å². The Bertz CT molecular complexity index is 343. The Kier molecular flexibility index (Phi) is 2.85. The summed E-state index contributed by atoms with van der Waals surface area (Å²) in [6.07, 6.45) is 5.25. The van der Waals surface area contributed by atoms with E-state index in [0.29, 0.717) is 17.3 Å². The number of amides is 1. The van der Waals surface area contributed by atoms with E-state index >= 15 is 0 Å². The van der Waals surface area contributed by atoms with Crippen LogP contribution in [0.15, 0.2) is 18.3 Å². The van der Waals surface area contributed by atoms with Crippen LogP contribution in [-0.4, -0.2) is 17.4 Å². The van der Waals surface area contributed by atoms with E-state index in [9.17, 15) is 4.79 Å². The van der Waals surface area contributed by atoms with Crippen molar-refractivity contribution in [1.82, 2.24) is 10.3 Å². The predicted octanol–water partition coefficient (Wildman–Crippen LogP) is 1.19. The molecule has 0 saturated heterocycles. The van der Waals surface area contributed by atoms with Gasteiger partial charge in [-0.15, -0.1) is 0 Å². The van der Waals surface area contributed by atoms with Gasteiger partial charge in [0.25, 0.3) is 5.91 Å². The fourth-order valence-electron chi connectivity index (χ4n) is 1.56. The number of nitrogen functional groups attached to an aromatic ring is 1. The number of carbonyl (C=O) groups is 1. The summed E-state index contributed by atoms with van der Waals surface area (Å²) in [5.41, 5.74) is 6.49. The molecule has 1 aliphatic rings. The second-order valence-electron chi connectivity index (χ2n) is 3.98. The summed E-state index contributed by atoms with van der Waals surface area (Å²) in [5, 5.41) is 2.88. The van der Waals surface area contributed by atoms with Gasteiger partial charge in [0.2, 0.25) is 0 Å². The Morgan fingerprint density at radius 2 is 2.33 bits per heavy atom. The monoisotopic (exact) mass is 205 g/mol. The van der Waals surface area contributed by atoms with Crippen LogP contribution in [0.2, 0.25) is 0 Å². The van der Waals surface area contributed by atoms with Crippen LogP contribution >= 0.6 is 0 Å². The molecule has 1 saturated carbocycles. The standard InChI is InChI=1S/C11H15N3O/c12-9-4-5-10(13-7-9)11(15)14-6-8-2-1-3-8/h4-5,7-8H,1-3,6,12H2,(H,14,15). The second kappa shape index (κ2) is 4.29. The second-order valence-corrected chi connectivity index (χ2v) is 3.98. The first-order valence-corrected chi connectivity index (χ1v) is 5.25. The number of nitrogens with two attached hydrogens (primary N) is 1. The van der Waals surface area contributed by atoms with Gasteiger partial charge >= 0.3 is 0 Å². The van der Waals surface area contributed by atoms with E-state index in [1.54, 1.807) is 12.1 Å². The summed E-state index contributed by atoms with van der Waals surface area (Å²) in [5.74, 6) is 0.560. The Hall–Kier alpha value is -1.58. The third kappa shape index (κ3) is 2.46. The molecule has 3 N–H and O–H groups in total. The molecular formula is C11H15N3O. The summed E-state index contributed by atoms with van der Waals surface area (Å²) in [7, 11) is 0. The first-order valence-electron chi connectivity index (χ1n) is 5.25. The van der Waals surface area contributed by atoms with E-state index in [4.69, 9.17) is 5.73 Å². The number of hydrogen-bond donors (Lipinski definition) is 2. The Balaban J connectivity index is 1.86. The topological polar surface area (TPSA) is 68.0 Å². The minimum absolute atomic E-state index is 0.109. The van der Waals surface area contributed by atoms with Gasteiger partial charge in [-0.2, -0.15) is 0 Å². The largest absolute Gasteiger partial charge is 0.397 e. The van der Waals surface area contributed by atoms with Crippen molar-refractivity contribution in [2.24, 2.45) is 5.92 Å². The number of nitrogens with zero attached hydrogens (tertiary/aromatic N) is 1. The van der Waals surface area contributed by atoms with Crippen molar-refractivity contribution >= 4 is 11.6 Å². The minimum atomic E-state index is -0.109. The Morgan fingerprint density at radius 3 is 2.87 bits per heavy atom. The van der Waals surface area contributed by atoms with Crippen LogP contribution in [0.4, 0.5) is 5.69 Å². The third-order valence-electron chi connectivity index (χ3n) is 2.80. The molecular weight excluding hydrogens is 190 g/mol. The van der Waals surface area contributed by atoms with Gasteiger partial charge in [0.1, 0.15) is 5.69 Å². The van der Waals surface area contributed by atoms with Crippen LogP contribution in [0.25, 0.3) is 0 Å². The summed E-state index contributed by atoms with van der Waals surface area (Å²) in [6.45, 7) is 0.769. The van der Waals surface area contributed by atoms with Crippen LogP contribution in [-0.2, 0) is 0 Å². The molecule has 15 heavy (non-hydrogen) atoms. The van der Waals surface area contributed by atoms with Gasteiger partial charge < -0.3 is 11.1 Å². The molecule has 1 amide bonds. The van der Waals surface area contributed by atoms with E-state index in [1.165, 1.54) is 25.5 Å². The molecule has 0 aromatic carbocycles. The number of carbonyl (C=O) groups excluding carboxylic acids is 1. The summed E-state index contributed by atoms with van der Waals surface area (Å²) in [4.78, 5) is 15.5. The van der Waals surface area contributed by atoms with Gasteiger partial charge in [-0.25, -0.2) is 4.98 Å². The highest BCUT2D eigenvalue weighted by atomic mass is 16.1. The van der Waals surface area contributed by atoms with E-state index < -0.39 is 0 Å². The Labute approximate surface area is 88.9 Å². The molecule has 0 spiro atoms. The van der Waals surface area contributed by atoms with E-state index in [1.807, 2.05) is 0 Å². The molecule has 0 radical (unpaired) electrons. The third-order valence-corrected chi connectivity index (χ3v) is 2.80. The summed E-state index contributed by atoms with van der Waals surface area (Å²) >= 11 is 0. The SMILES string of the molecule is Nc1ccc(C(=O)NCC2CCC2)nc1. The maximum Gasteiger partial charge on any atom is 0.269 e. The van der Waals surface area contributed by atoms with Crippen LogP contribution in [0.1, 0.15) is 29.8 Å². The van der Waals surface area contributed by atoms with Crippen LogP contribution in [0, 0.1) is 5.92 Å². The lowest BCUT2D eigenvalue weighted by molar-refractivity contribution is 0.0934. The van der Waals surface area contributed by atoms with E-state index in [2.05, 4.69) is 10.3 Å². The lowest BCUT2D eigenvalue weighted by Gasteiger charge is -2.25. The van der Waals surface area contributed by atoms with Crippen molar-refractivity contribution in [3.63, 3.8) is 0 Å². The van der Waals surface area contributed by atoms with Crippen molar-refractivity contribution in [1.29, 1.82) is 0 Å². The van der Waals surface area contributed by atoms with Gasteiger partial charge in [-0.05, 0) is 30.9 Å². The average molecular weight is 205 g/mol. The summed E-state index contributed by atoms with van der Waals surface area (Å²) < 4.78 is 0. The highest BCUT2D eigenvalue weighted by Crippen LogP contribution is 2.25. The molecule has 4 nitrogen and oxygen atoms in total. The zero-order valence-electron chi connectivity index (χ0n) is 8.57. The van der Waals surface area contributed by atoms with Gasteiger partial charge in [-0.3, -0.25) is 4.79 Å². The van der Waals surface area contributed by atoms with Crippen LogP contribution in [0.3, 0.4) is 0 Å². The predicted molar refractivity (Wildman–Crippen MR) is 58.3 cm³/mol. The lowest BCUT2D eigenvalue weighted by Crippen LogP contribution is -2.32. The zero-order valence-corrected chi connectivity index (χ0v) is 8.57. The molecule has 1 aromatic heterocycles. The number of nitrogens with one attached hydrogen (secondary N) is 1. The maximum atomic E-state index is 11.6. The molecule has 0 atom stereocenters. The molecule has 0 aliphatic heterocycles. The quantitative estimate of drug-likeness (QED) is 0.779. The molecule has 80 valence electrons. The van der Waals surface area contributed by atoms with Gasteiger partial charge in [0.05, 0.1) is 11.9 Å². The molecule has 2 rings (SSSR count). The fraction of sp³-hybridized carbons (Fsp3) is 0.455. The molecule has 1 fully saturated rings. The van der Waals surface area contributed by atoms with Gasteiger partial charge in [0.15, 0.2) is 0 Å². The van der Waals surface area contributed by atoms with E-state index in [-0.39, 0.29) is 5.91 Å². The van der Waals surface area contributed by atoms with E-state index in [0.717, 1.165) is 6.54 Å². The minimum Gasteiger partial charge on any atom is -0.397 e. The van der Waals surface area contributed by atoms with Crippen molar-refractivity contribution in [3.05, 3.63) is 24.0 Å². The number of hydrogen-bond acceptors (Lipinski definition) is 3. The molecule has 1 aliphatic carbocycles. The molecule has 4 heteroatoms. The first kappa shape index (κ1) is 9.96. The molecule has 1 heterocycles. The number of rotatable bonds is 3. The first-order chi connectivity index (χ1) is 7.25. The Morgan fingerprint density at radius 1 is 1.53 bits per heavy atom. The highest BCUT2D eigenvalue weighted by molar-refractivity contribution is 5.92.